The topological polar surface area (TPSA) is 39.7 Å². The van der Waals surface area contributed by atoms with Gasteiger partial charge in [-0.15, -0.1) is 0 Å². The van der Waals surface area contributed by atoms with Crippen LogP contribution in [-0.2, 0) is 6.54 Å². The van der Waals surface area contributed by atoms with Crippen molar-refractivity contribution in [2.45, 2.75) is 38.3 Å². The first-order valence-corrected chi connectivity index (χ1v) is 13.2. The molecule has 2 aliphatic rings. The fourth-order valence-electron chi connectivity index (χ4n) is 5.35. The number of hydrogen-bond acceptors (Lipinski definition) is 4. The first-order valence-electron chi connectivity index (χ1n) is 13.2. The SMILES string of the molecule is CN(Cc1ccccc1)c1cc(C(=O)N2CCC[C@H]2CN2CCCC2)cc(/C=C/c2ccccc2)n1. The fourth-order valence-corrected chi connectivity index (χ4v) is 5.35. The smallest absolute Gasteiger partial charge is 0.254 e. The Bertz CT molecular complexity index is 1170. The van der Waals surface area contributed by atoms with Crippen LogP contribution in [0.2, 0.25) is 0 Å². The number of benzene rings is 2. The van der Waals surface area contributed by atoms with Gasteiger partial charge in [0, 0.05) is 38.3 Å². The summed E-state index contributed by atoms with van der Waals surface area (Å²) in [5, 5.41) is 0. The van der Waals surface area contributed by atoms with Crippen molar-refractivity contribution < 1.29 is 4.79 Å². The van der Waals surface area contributed by atoms with E-state index in [9.17, 15) is 4.79 Å². The van der Waals surface area contributed by atoms with E-state index < -0.39 is 0 Å². The molecule has 0 aliphatic carbocycles. The lowest BCUT2D eigenvalue weighted by Crippen LogP contribution is -2.42. The van der Waals surface area contributed by atoms with E-state index in [0.717, 1.165) is 68.2 Å². The van der Waals surface area contributed by atoms with Crippen LogP contribution in [0, 0.1) is 0 Å². The molecule has 0 bridgehead atoms. The quantitative estimate of drug-likeness (QED) is 0.421. The number of anilines is 1. The predicted molar refractivity (Wildman–Crippen MR) is 148 cm³/mol. The summed E-state index contributed by atoms with van der Waals surface area (Å²) in [6.45, 7) is 4.89. The molecule has 3 heterocycles. The summed E-state index contributed by atoms with van der Waals surface area (Å²) in [5.41, 5.74) is 3.85. The van der Waals surface area contributed by atoms with Crippen molar-refractivity contribution in [1.29, 1.82) is 0 Å². The molecule has 0 N–H and O–H groups in total. The molecule has 186 valence electrons. The van der Waals surface area contributed by atoms with Crippen LogP contribution < -0.4 is 4.90 Å². The molecule has 2 aliphatic heterocycles. The average Bonchev–Trinajstić information content (AvgIpc) is 3.61. The molecule has 0 radical (unpaired) electrons. The van der Waals surface area contributed by atoms with Gasteiger partial charge in [-0.25, -0.2) is 4.98 Å². The molecule has 0 spiro atoms. The minimum absolute atomic E-state index is 0.128. The number of pyridine rings is 1. The number of carbonyl (C=O) groups excluding carboxylic acids is 1. The third kappa shape index (κ3) is 6.03. The van der Waals surface area contributed by atoms with Gasteiger partial charge in [0.25, 0.3) is 5.91 Å². The number of nitrogens with zero attached hydrogens (tertiary/aromatic N) is 4. The summed E-state index contributed by atoms with van der Waals surface area (Å²) in [6, 6.07) is 24.8. The normalized spacial score (nSPS) is 18.2. The Morgan fingerprint density at radius 3 is 2.42 bits per heavy atom. The van der Waals surface area contributed by atoms with E-state index in [1.807, 2.05) is 49.5 Å². The summed E-state index contributed by atoms with van der Waals surface area (Å²) >= 11 is 0. The fraction of sp³-hybridized carbons (Fsp3) is 0.355. The predicted octanol–water partition coefficient (Wildman–Crippen LogP) is 5.59. The Morgan fingerprint density at radius 2 is 1.67 bits per heavy atom. The summed E-state index contributed by atoms with van der Waals surface area (Å²) in [7, 11) is 2.04. The Morgan fingerprint density at radius 1 is 0.944 bits per heavy atom. The third-order valence-electron chi connectivity index (χ3n) is 7.28. The highest BCUT2D eigenvalue weighted by Gasteiger charge is 2.31. The van der Waals surface area contributed by atoms with Crippen LogP contribution in [0.1, 0.15) is 52.9 Å². The van der Waals surface area contributed by atoms with E-state index in [4.69, 9.17) is 4.98 Å². The maximum atomic E-state index is 13.8. The molecular weight excluding hydrogens is 444 g/mol. The third-order valence-corrected chi connectivity index (χ3v) is 7.28. The van der Waals surface area contributed by atoms with Crippen molar-refractivity contribution in [3.05, 3.63) is 95.2 Å². The van der Waals surface area contributed by atoms with Gasteiger partial charge in [-0.05, 0) is 68.1 Å². The Balaban J connectivity index is 1.42. The van der Waals surface area contributed by atoms with Crippen LogP contribution in [0.4, 0.5) is 5.82 Å². The highest BCUT2D eigenvalue weighted by molar-refractivity contribution is 5.96. The molecule has 36 heavy (non-hydrogen) atoms. The number of carbonyl (C=O) groups is 1. The van der Waals surface area contributed by atoms with Gasteiger partial charge in [0.05, 0.1) is 5.69 Å². The number of amides is 1. The second kappa shape index (κ2) is 11.5. The van der Waals surface area contributed by atoms with Crippen LogP contribution in [0.25, 0.3) is 12.2 Å². The number of hydrogen-bond donors (Lipinski definition) is 0. The molecule has 2 saturated heterocycles. The summed E-state index contributed by atoms with van der Waals surface area (Å²) in [4.78, 5) is 25.5. The van der Waals surface area contributed by atoms with Crippen LogP contribution in [0.15, 0.2) is 72.8 Å². The van der Waals surface area contributed by atoms with E-state index in [1.165, 1.54) is 18.4 Å². The molecule has 5 rings (SSSR count). The Kier molecular flexibility index (Phi) is 7.77. The minimum atomic E-state index is 0.128. The van der Waals surface area contributed by atoms with E-state index in [2.05, 4.69) is 57.2 Å². The number of aromatic nitrogens is 1. The second-order valence-electron chi connectivity index (χ2n) is 10.0. The average molecular weight is 481 g/mol. The van der Waals surface area contributed by atoms with Gasteiger partial charge in [0.15, 0.2) is 0 Å². The Hall–Kier alpha value is -3.44. The van der Waals surface area contributed by atoms with Crippen molar-refractivity contribution in [1.82, 2.24) is 14.8 Å². The molecule has 2 fully saturated rings. The molecule has 0 unspecified atom stereocenters. The monoisotopic (exact) mass is 480 g/mol. The summed E-state index contributed by atoms with van der Waals surface area (Å²) in [5.74, 6) is 0.940. The lowest BCUT2D eigenvalue weighted by atomic mass is 10.1. The van der Waals surface area contributed by atoms with E-state index >= 15 is 0 Å². The second-order valence-corrected chi connectivity index (χ2v) is 10.0. The standard InChI is InChI=1S/C31H36N4O/c1-33(23-26-13-6-3-7-14-26)30-22-27(21-28(32-30)17-16-25-11-4-2-5-12-25)31(36)35-20-10-15-29(35)24-34-18-8-9-19-34/h2-7,11-14,16-17,21-22,29H,8-10,15,18-20,23-24H2,1H3/b17-16+/t29-/m0/s1. The van der Waals surface area contributed by atoms with Gasteiger partial charge < -0.3 is 14.7 Å². The van der Waals surface area contributed by atoms with Crippen molar-refractivity contribution in [3.8, 4) is 0 Å². The molecule has 5 heteroatoms. The minimum Gasteiger partial charge on any atom is -0.355 e. The molecule has 3 aromatic rings. The molecule has 1 amide bonds. The molecule has 0 saturated carbocycles. The zero-order chi connectivity index (χ0) is 24.7. The van der Waals surface area contributed by atoms with Crippen molar-refractivity contribution in [3.63, 3.8) is 0 Å². The lowest BCUT2D eigenvalue weighted by molar-refractivity contribution is 0.0708. The molecular formula is C31H36N4O. The van der Waals surface area contributed by atoms with Gasteiger partial charge in [-0.1, -0.05) is 66.7 Å². The van der Waals surface area contributed by atoms with Gasteiger partial charge in [-0.3, -0.25) is 4.79 Å². The van der Waals surface area contributed by atoms with Gasteiger partial charge in [0.1, 0.15) is 5.82 Å². The summed E-state index contributed by atoms with van der Waals surface area (Å²) in [6.07, 6.45) is 8.80. The van der Waals surface area contributed by atoms with E-state index in [-0.39, 0.29) is 5.91 Å². The van der Waals surface area contributed by atoms with Gasteiger partial charge in [0.2, 0.25) is 0 Å². The first kappa shape index (κ1) is 24.3. The lowest BCUT2D eigenvalue weighted by Gasteiger charge is -2.29. The number of likely N-dealkylation sites (tertiary alicyclic amines) is 2. The number of rotatable bonds is 8. The molecule has 1 atom stereocenters. The summed E-state index contributed by atoms with van der Waals surface area (Å²) < 4.78 is 0. The van der Waals surface area contributed by atoms with E-state index in [1.54, 1.807) is 0 Å². The van der Waals surface area contributed by atoms with E-state index in [0.29, 0.717) is 6.04 Å². The largest absolute Gasteiger partial charge is 0.355 e. The van der Waals surface area contributed by atoms with Crippen molar-refractivity contribution in [2.24, 2.45) is 0 Å². The highest BCUT2D eigenvalue weighted by Crippen LogP contribution is 2.25. The van der Waals surface area contributed by atoms with Crippen LogP contribution in [0.5, 0.6) is 0 Å². The Labute approximate surface area is 215 Å². The van der Waals surface area contributed by atoms with Crippen LogP contribution >= 0.6 is 0 Å². The molecule has 2 aromatic carbocycles. The first-order chi connectivity index (χ1) is 17.7. The van der Waals surface area contributed by atoms with Crippen LogP contribution in [-0.4, -0.2) is 60.0 Å². The zero-order valence-electron chi connectivity index (χ0n) is 21.2. The van der Waals surface area contributed by atoms with Crippen molar-refractivity contribution in [2.75, 3.05) is 38.1 Å². The maximum Gasteiger partial charge on any atom is 0.254 e. The molecule has 1 aromatic heterocycles. The van der Waals surface area contributed by atoms with Gasteiger partial charge >= 0.3 is 0 Å². The van der Waals surface area contributed by atoms with Crippen molar-refractivity contribution >= 4 is 23.9 Å². The molecule has 5 nitrogen and oxygen atoms in total. The van der Waals surface area contributed by atoms with Crippen LogP contribution in [0.3, 0.4) is 0 Å². The maximum absolute atomic E-state index is 13.8. The highest BCUT2D eigenvalue weighted by atomic mass is 16.2. The zero-order valence-corrected chi connectivity index (χ0v) is 21.2. The van der Waals surface area contributed by atoms with Gasteiger partial charge in [-0.2, -0.15) is 0 Å².